The van der Waals surface area contributed by atoms with Crippen LogP contribution in [0.15, 0.2) is 36.5 Å². The molecule has 1 atom stereocenters. The number of nitrogen functional groups attached to an aromatic ring is 1. The van der Waals surface area contributed by atoms with E-state index in [1.807, 2.05) is 31.2 Å². The molecule has 0 saturated heterocycles. The van der Waals surface area contributed by atoms with Gasteiger partial charge < -0.3 is 10.8 Å². The van der Waals surface area contributed by atoms with Crippen molar-refractivity contribution in [3.8, 4) is 0 Å². The Morgan fingerprint density at radius 1 is 1.26 bits per heavy atom. The molecule has 1 unspecified atom stereocenters. The monoisotopic (exact) mass is 254 g/mol. The molecule has 1 aliphatic carbocycles. The normalized spacial score (nSPS) is 22.0. The number of nitrogens with two attached hydrogens (primary N) is 1. The summed E-state index contributed by atoms with van der Waals surface area (Å²) in [5.74, 6) is 0.421. The number of hydrogen-bond acceptors (Lipinski definition) is 3. The molecule has 1 aliphatic rings. The number of pyridine rings is 1. The third kappa shape index (κ3) is 1.90. The van der Waals surface area contributed by atoms with E-state index in [2.05, 4.69) is 11.1 Å². The quantitative estimate of drug-likeness (QED) is 0.822. The van der Waals surface area contributed by atoms with Crippen molar-refractivity contribution in [1.82, 2.24) is 4.98 Å². The fraction of sp³-hybridized carbons (Fsp3) is 0.312. The third-order valence-corrected chi connectivity index (χ3v) is 3.95. The van der Waals surface area contributed by atoms with Gasteiger partial charge in [0.25, 0.3) is 0 Å². The first-order chi connectivity index (χ1) is 9.11. The summed E-state index contributed by atoms with van der Waals surface area (Å²) in [5, 5.41) is 11.2. The van der Waals surface area contributed by atoms with Gasteiger partial charge in [-0.1, -0.05) is 24.3 Å². The Kier molecular flexibility index (Phi) is 2.79. The Morgan fingerprint density at radius 2 is 2.05 bits per heavy atom. The number of hydrogen-bond donors (Lipinski definition) is 2. The minimum Gasteiger partial charge on any atom is -0.383 e. The number of aryl methyl sites for hydroxylation is 2. The molecule has 98 valence electrons. The van der Waals surface area contributed by atoms with Crippen LogP contribution in [0, 0.1) is 6.92 Å². The summed E-state index contributed by atoms with van der Waals surface area (Å²) in [6.45, 7) is 1.97. The van der Waals surface area contributed by atoms with Crippen molar-refractivity contribution in [3.05, 3.63) is 58.8 Å². The predicted octanol–water partition coefficient (Wildman–Crippen LogP) is 2.54. The molecule has 0 aliphatic heterocycles. The Bertz CT molecular complexity index is 624. The molecule has 0 radical (unpaired) electrons. The van der Waals surface area contributed by atoms with Crippen LogP contribution >= 0.6 is 0 Å². The summed E-state index contributed by atoms with van der Waals surface area (Å²) in [4.78, 5) is 4.19. The highest BCUT2D eigenvalue weighted by Crippen LogP contribution is 2.42. The van der Waals surface area contributed by atoms with E-state index in [4.69, 9.17) is 5.73 Å². The minimum atomic E-state index is -1.00. The molecule has 3 N–H and O–H groups in total. The third-order valence-electron chi connectivity index (χ3n) is 3.95. The molecular weight excluding hydrogens is 236 g/mol. The van der Waals surface area contributed by atoms with Gasteiger partial charge in [0, 0.05) is 11.8 Å². The molecule has 3 heteroatoms. The van der Waals surface area contributed by atoms with Gasteiger partial charge in [0.1, 0.15) is 11.4 Å². The lowest BCUT2D eigenvalue weighted by molar-refractivity contribution is 0.0620. The Balaban J connectivity index is 2.21. The van der Waals surface area contributed by atoms with E-state index in [0.717, 1.165) is 29.5 Å². The predicted molar refractivity (Wildman–Crippen MR) is 75.8 cm³/mol. The van der Waals surface area contributed by atoms with Gasteiger partial charge in [-0.15, -0.1) is 0 Å². The molecule has 1 aromatic carbocycles. The number of rotatable bonds is 1. The van der Waals surface area contributed by atoms with E-state index in [9.17, 15) is 5.11 Å². The zero-order valence-corrected chi connectivity index (χ0v) is 11.1. The molecular formula is C16H18N2O. The topological polar surface area (TPSA) is 59.1 Å². The van der Waals surface area contributed by atoms with Crippen molar-refractivity contribution in [2.24, 2.45) is 0 Å². The second-order valence-electron chi connectivity index (χ2n) is 5.32. The van der Waals surface area contributed by atoms with Gasteiger partial charge in [-0.25, -0.2) is 4.98 Å². The number of aromatic nitrogens is 1. The summed E-state index contributed by atoms with van der Waals surface area (Å²) in [7, 11) is 0. The highest BCUT2D eigenvalue weighted by Gasteiger charge is 2.37. The summed E-state index contributed by atoms with van der Waals surface area (Å²) < 4.78 is 0. The molecule has 1 aromatic heterocycles. The van der Waals surface area contributed by atoms with E-state index in [-0.39, 0.29) is 0 Å². The van der Waals surface area contributed by atoms with Crippen LogP contribution in [0.25, 0.3) is 0 Å². The van der Waals surface area contributed by atoms with Crippen molar-refractivity contribution in [1.29, 1.82) is 0 Å². The maximum absolute atomic E-state index is 11.2. The van der Waals surface area contributed by atoms with Crippen LogP contribution in [-0.2, 0) is 12.0 Å². The van der Waals surface area contributed by atoms with Gasteiger partial charge in [-0.05, 0) is 48.9 Å². The number of anilines is 1. The van der Waals surface area contributed by atoms with Gasteiger partial charge in [0.05, 0.1) is 0 Å². The minimum absolute atomic E-state index is 0.421. The second kappa shape index (κ2) is 4.35. The van der Waals surface area contributed by atoms with Crippen molar-refractivity contribution in [2.45, 2.75) is 31.8 Å². The first-order valence-electron chi connectivity index (χ1n) is 6.64. The van der Waals surface area contributed by atoms with Crippen molar-refractivity contribution in [3.63, 3.8) is 0 Å². The summed E-state index contributed by atoms with van der Waals surface area (Å²) in [6, 6.07) is 10.0. The van der Waals surface area contributed by atoms with Crippen LogP contribution in [0.3, 0.4) is 0 Å². The molecule has 0 spiro atoms. The molecule has 19 heavy (non-hydrogen) atoms. The molecule has 0 bridgehead atoms. The average Bonchev–Trinajstić information content (AvgIpc) is 2.42. The van der Waals surface area contributed by atoms with Crippen LogP contribution in [0.1, 0.15) is 35.1 Å². The number of nitrogens with zero attached hydrogens (tertiary/aromatic N) is 1. The highest BCUT2D eigenvalue weighted by atomic mass is 16.3. The van der Waals surface area contributed by atoms with E-state index in [1.165, 1.54) is 5.56 Å². The fourth-order valence-corrected chi connectivity index (χ4v) is 3.00. The lowest BCUT2D eigenvalue weighted by Gasteiger charge is -2.35. The zero-order chi connectivity index (χ0) is 13.5. The van der Waals surface area contributed by atoms with E-state index < -0.39 is 5.60 Å². The molecule has 3 rings (SSSR count). The maximum Gasteiger partial charge on any atom is 0.129 e. The standard InChI is InChI=1S/C16H18N2O/c1-11-9-14(15(17)18-10-11)16(19)8-4-6-12-5-2-3-7-13(12)16/h2-3,5,7,9-10,19H,4,6,8H2,1H3,(H2,17,18). The molecule has 0 saturated carbocycles. The fourth-order valence-electron chi connectivity index (χ4n) is 3.00. The first-order valence-corrected chi connectivity index (χ1v) is 6.64. The Hall–Kier alpha value is -1.87. The maximum atomic E-state index is 11.2. The summed E-state index contributed by atoms with van der Waals surface area (Å²) in [6.07, 6.45) is 4.40. The molecule has 0 amide bonds. The molecule has 3 nitrogen and oxygen atoms in total. The molecule has 2 aromatic rings. The Labute approximate surface area is 113 Å². The van der Waals surface area contributed by atoms with Crippen LogP contribution in [0.4, 0.5) is 5.82 Å². The molecule has 0 fully saturated rings. The summed E-state index contributed by atoms with van der Waals surface area (Å²) >= 11 is 0. The largest absolute Gasteiger partial charge is 0.383 e. The average molecular weight is 254 g/mol. The lowest BCUT2D eigenvalue weighted by Crippen LogP contribution is -2.33. The number of benzene rings is 1. The lowest BCUT2D eigenvalue weighted by atomic mass is 9.75. The van der Waals surface area contributed by atoms with Crippen LogP contribution in [-0.4, -0.2) is 10.1 Å². The SMILES string of the molecule is Cc1cnc(N)c(C2(O)CCCc3ccccc32)c1. The second-order valence-corrected chi connectivity index (χ2v) is 5.32. The van der Waals surface area contributed by atoms with Crippen molar-refractivity contribution in [2.75, 3.05) is 5.73 Å². The summed E-state index contributed by atoms with van der Waals surface area (Å²) in [5.41, 5.74) is 8.92. The smallest absolute Gasteiger partial charge is 0.129 e. The number of aliphatic hydroxyl groups is 1. The molecule has 1 heterocycles. The van der Waals surface area contributed by atoms with E-state index in [1.54, 1.807) is 6.20 Å². The van der Waals surface area contributed by atoms with Gasteiger partial charge in [0.2, 0.25) is 0 Å². The number of fused-ring (bicyclic) bond motifs is 1. The zero-order valence-electron chi connectivity index (χ0n) is 11.1. The Morgan fingerprint density at radius 3 is 2.89 bits per heavy atom. The van der Waals surface area contributed by atoms with Crippen LogP contribution in [0.2, 0.25) is 0 Å². The van der Waals surface area contributed by atoms with E-state index in [0.29, 0.717) is 12.2 Å². The van der Waals surface area contributed by atoms with E-state index >= 15 is 0 Å². The van der Waals surface area contributed by atoms with Crippen molar-refractivity contribution < 1.29 is 5.11 Å². The van der Waals surface area contributed by atoms with Crippen LogP contribution < -0.4 is 5.73 Å². The first kappa shape index (κ1) is 12.2. The van der Waals surface area contributed by atoms with Gasteiger partial charge in [0.15, 0.2) is 0 Å². The van der Waals surface area contributed by atoms with Crippen LogP contribution in [0.5, 0.6) is 0 Å². The van der Waals surface area contributed by atoms with Gasteiger partial charge in [-0.2, -0.15) is 0 Å². The van der Waals surface area contributed by atoms with Gasteiger partial charge in [-0.3, -0.25) is 0 Å². The van der Waals surface area contributed by atoms with Crippen molar-refractivity contribution >= 4 is 5.82 Å². The van der Waals surface area contributed by atoms with Gasteiger partial charge >= 0.3 is 0 Å². The highest BCUT2D eigenvalue weighted by molar-refractivity contribution is 5.52.